The average molecular weight is 247 g/mol. The molecule has 0 aliphatic carbocycles. The van der Waals surface area contributed by atoms with E-state index in [1.165, 1.54) is 20.0 Å². The number of carbonyl (C=O) groups excluding carboxylic acids is 1. The second kappa shape index (κ2) is 6.21. The molecule has 0 saturated carbocycles. The maximum Gasteiger partial charge on any atom is 0.354 e. The number of hydrogen-bond acceptors (Lipinski definition) is 3. The van der Waals surface area contributed by atoms with Crippen LogP contribution >= 0.6 is 0 Å². The summed E-state index contributed by atoms with van der Waals surface area (Å²) in [6, 6.07) is 9.48. The van der Waals surface area contributed by atoms with Crippen LogP contribution in [0.25, 0.3) is 10.9 Å². The number of carbonyl (C=O) groups is 1. The van der Waals surface area contributed by atoms with Gasteiger partial charge in [0.05, 0.1) is 7.11 Å². The molecule has 0 atom stereocenters. The molecule has 1 aromatic heterocycles. The fraction of sp³-hybridized carbons (Fsp3) is 0.357. The SMILES string of the molecule is C1CCOC1.COC(=O)c1cc2ccccc2[nH]1. The lowest BCUT2D eigenvalue weighted by molar-refractivity contribution is 0.0595. The summed E-state index contributed by atoms with van der Waals surface area (Å²) >= 11 is 0. The number of aromatic amines is 1. The molecule has 1 fully saturated rings. The van der Waals surface area contributed by atoms with Crippen molar-refractivity contribution in [2.75, 3.05) is 20.3 Å². The maximum absolute atomic E-state index is 11.1. The highest BCUT2D eigenvalue weighted by atomic mass is 16.5. The van der Waals surface area contributed by atoms with Crippen molar-refractivity contribution < 1.29 is 14.3 Å². The number of methoxy groups -OCH3 is 1. The third-order valence-electron chi connectivity index (χ3n) is 2.76. The number of ether oxygens (including phenoxy) is 2. The number of hydrogen-bond donors (Lipinski definition) is 1. The molecule has 0 unspecified atom stereocenters. The van der Waals surface area contributed by atoms with E-state index in [0.29, 0.717) is 5.69 Å². The van der Waals surface area contributed by atoms with E-state index in [2.05, 4.69) is 9.72 Å². The van der Waals surface area contributed by atoms with Crippen LogP contribution in [-0.2, 0) is 9.47 Å². The lowest BCUT2D eigenvalue weighted by Gasteiger charge is -1.91. The summed E-state index contributed by atoms with van der Waals surface area (Å²) in [6.45, 7) is 2.00. The summed E-state index contributed by atoms with van der Waals surface area (Å²) in [7, 11) is 1.37. The van der Waals surface area contributed by atoms with Crippen LogP contribution in [0.15, 0.2) is 30.3 Å². The van der Waals surface area contributed by atoms with Crippen LogP contribution < -0.4 is 0 Å². The number of esters is 1. The first-order valence-electron chi connectivity index (χ1n) is 6.05. The van der Waals surface area contributed by atoms with Crippen molar-refractivity contribution in [2.24, 2.45) is 0 Å². The highest BCUT2D eigenvalue weighted by Gasteiger charge is 2.07. The van der Waals surface area contributed by atoms with Crippen molar-refractivity contribution >= 4 is 16.9 Å². The molecular weight excluding hydrogens is 230 g/mol. The molecule has 1 aromatic carbocycles. The first-order chi connectivity index (χ1) is 8.81. The summed E-state index contributed by atoms with van der Waals surface area (Å²) in [5.41, 5.74) is 1.44. The molecule has 3 rings (SSSR count). The van der Waals surface area contributed by atoms with E-state index in [1.807, 2.05) is 24.3 Å². The minimum absolute atomic E-state index is 0.337. The Balaban J connectivity index is 0.000000202. The van der Waals surface area contributed by atoms with Crippen LogP contribution in [0.4, 0.5) is 0 Å². The summed E-state index contributed by atoms with van der Waals surface area (Å²) in [5, 5.41) is 1.02. The first kappa shape index (κ1) is 12.6. The Bertz CT molecular complexity index is 474. The van der Waals surface area contributed by atoms with E-state index in [-0.39, 0.29) is 5.97 Å². The summed E-state index contributed by atoms with van der Waals surface area (Å²) in [5.74, 6) is -0.337. The quantitative estimate of drug-likeness (QED) is 0.788. The van der Waals surface area contributed by atoms with Crippen molar-refractivity contribution in [3.63, 3.8) is 0 Å². The van der Waals surface area contributed by atoms with Crippen LogP contribution in [0, 0.1) is 0 Å². The monoisotopic (exact) mass is 247 g/mol. The molecule has 1 saturated heterocycles. The van der Waals surface area contributed by atoms with Gasteiger partial charge in [-0.05, 0) is 25.0 Å². The topological polar surface area (TPSA) is 51.3 Å². The molecule has 0 radical (unpaired) electrons. The summed E-state index contributed by atoms with van der Waals surface area (Å²) in [4.78, 5) is 14.1. The van der Waals surface area contributed by atoms with Crippen LogP contribution in [0.2, 0.25) is 0 Å². The minimum Gasteiger partial charge on any atom is -0.464 e. The van der Waals surface area contributed by atoms with Gasteiger partial charge in [-0.1, -0.05) is 18.2 Å². The van der Waals surface area contributed by atoms with Crippen molar-refractivity contribution in [1.82, 2.24) is 4.98 Å². The Kier molecular flexibility index (Phi) is 4.36. The minimum atomic E-state index is -0.337. The number of aromatic nitrogens is 1. The van der Waals surface area contributed by atoms with Gasteiger partial charge in [0.1, 0.15) is 5.69 Å². The molecule has 2 aromatic rings. The molecule has 4 heteroatoms. The van der Waals surface area contributed by atoms with E-state index < -0.39 is 0 Å². The highest BCUT2D eigenvalue weighted by Crippen LogP contribution is 2.14. The first-order valence-corrected chi connectivity index (χ1v) is 6.05. The number of fused-ring (bicyclic) bond motifs is 1. The largest absolute Gasteiger partial charge is 0.464 e. The predicted molar refractivity (Wildman–Crippen MR) is 69.7 cm³/mol. The van der Waals surface area contributed by atoms with Gasteiger partial charge in [0.15, 0.2) is 0 Å². The molecule has 2 heterocycles. The normalized spacial score (nSPS) is 14.1. The Morgan fingerprint density at radius 2 is 2.00 bits per heavy atom. The molecule has 0 spiro atoms. The van der Waals surface area contributed by atoms with E-state index in [1.54, 1.807) is 6.07 Å². The molecule has 18 heavy (non-hydrogen) atoms. The van der Waals surface area contributed by atoms with Crippen LogP contribution in [0.3, 0.4) is 0 Å². The average Bonchev–Trinajstić information content (AvgIpc) is 3.09. The number of benzene rings is 1. The van der Waals surface area contributed by atoms with Gasteiger partial charge in [-0.25, -0.2) is 4.79 Å². The molecule has 96 valence electrons. The predicted octanol–water partition coefficient (Wildman–Crippen LogP) is 2.75. The second-order valence-corrected chi connectivity index (χ2v) is 4.08. The van der Waals surface area contributed by atoms with E-state index in [0.717, 1.165) is 24.1 Å². The fourth-order valence-corrected chi connectivity index (χ4v) is 1.80. The van der Waals surface area contributed by atoms with Gasteiger partial charge in [0.25, 0.3) is 0 Å². The Morgan fingerprint density at radius 1 is 1.28 bits per heavy atom. The number of para-hydroxylation sites is 1. The molecule has 4 nitrogen and oxygen atoms in total. The van der Waals surface area contributed by atoms with Crippen LogP contribution in [0.5, 0.6) is 0 Å². The molecule has 1 aliphatic rings. The zero-order valence-electron chi connectivity index (χ0n) is 10.4. The lowest BCUT2D eigenvalue weighted by atomic mass is 10.2. The van der Waals surface area contributed by atoms with Crippen molar-refractivity contribution in [3.05, 3.63) is 36.0 Å². The fourth-order valence-electron chi connectivity index (χ4n) is 1.80. The van der Waals surface area contributed by atoms with Gasteiger partial charge in [-0.3, -0.25) is 0 Å². The Hall–Kier alpha value is -1.81. The van der Waals surface area contributed by atoms with E-state index >= 15 is 0 Å². The van der Waals surface area contributed by atoms with Gasteiger partial charge in [0, 0.05) is 24.1 Å². The Labute approximate surface area is 106 Å². The van der Waals surface area contributed by atoms with Crippen molar-refractivity contribution in [2.45, 2.75) is 12.8 Å². The zero-order chi connectivity index (χ0) is 12.8. The van der Waals surface area contributed by atoms with Crippen LogP contribution in [-0.4, -0.2) is 31.3 Å². The van der Waals surface area contributed by atoms with Crippen LogP contribution in [0.1, 0.15) is 23.3 Å². The molecule has 1 N–H and O–H groups in total. The van der Waals surface area contributed by atoms with Crippen molar-refractivity contribution in [1.29, 1.82) is 0 Å². The van der Waals surface area contributed by atoms with Gasteiger partial charge >= 0.3 is 5.97 Å². The summed E-state index contributed by atoms with van der Waals surface area (Å²) in [6.07, 6.45) is 2.56. The summed E-state index contributed by atoms with van der Waals surface area (Å²) < 4.78 is 9.54. The number of rotatable bonds is 1. The third-order valence-corrected chi connectivity index (χ3v) is 2.76. The standard InChI is InChI=1S/C10H9NO2.C4H8O/c1-13-10(12)9-6-7-4-2-3-5-8(7)11-9;1-2-4-5-3-1/h2-6,11H,1H3;1-4H2. The molecular formula is C14H17NO3. The van der Waals surface area contributed by atoms with Crippen molar-refractivity contribution in [3.8, 4) is 0 Å². The van der Waals surface area contributed by atoms with Gasteiger partial charge in [-0.2, -0.15) is 0 Å². The van der Waals surface area contributed by atoms with E-state index in [9.17, 15) is 4.79 Å². The molecule has 1 aliphatic heterocycles. The van der Waals surface area contributed by atoms with E-state index in [4.69, 9.17) is 4.74 Å². The van der Waals surface area contributed by atoms with Gasteiger partial charge < -0.3 is 14.5 Å². The molecule has 0 bridgehead atoms. The lowest BCUT2D eigenvalue weighted by Crippen LogP contribution is -2.00. The Morgan fingerprint density at radius 3 is 2.56 bits per heavy atom. The second-order valence-electron chi connectivity index (χ2n) is 4.08. The highest BCUT2D eigenvalue weighted by molar-refractivity contribution is 5.94. The van der Waals surface area contributed by atoms with Gasteiger partial charge in [0.2, 0.25) is 0 Å². The maximum atomic E-state index is 11.1. The zero-order valence-corrected chi connectivity index (χ0v) is 10.4. The third kappa shape index (κ3) is 3.11. The molecule has 0 amide bonds. The smallest absolute Gasteiger partial charge is 0.354 e. The number of nitrogens with one attached hydrogen (secondary N) is 1. The van der Waals surface area contributed by atoms with Gasteiger partial charge in [-0.15, -0.1) is 0 Å². The number of H-pyrrole nitrogens is 1.